The predicted molar refractivity (Wildman–Crippen MR) is 69.3 cm³/mol. The Hall–Kier alpha value is -0.0800. The minimum absolute atomic E-state index is 0.773. The Morgan fingerprint density at radius 2 is 1.94 bits per heavy atom. The van der Waals surface area contributed by atoms with Gasteiger partial charge in [0.25, 0.3) is 0 Å². The molecule has 2 aliphatic rings. The monoisotopic (exact) mass is 224 g/mol. The summed E-state index contributed by atoms with van der Waals surface area (Å²) < 4.78 is 0. The average Bonchev–Trinajstić information content (AvgIpc) is 2.77. The van der Waals surface area contributed by atoms with Gasteiger partial charge in [-0.1, -0.05) is 26.7 Å². The number of hydrogen-bond acceptors (Lipinski definition) is 2. The van der Waals surface area contributed by atoms with E-state index in [-0.39, 0.29) is 0 Å². The largest absolute Gasteiger partial charge is 0.330 e. The third-order valence-electron chi connectivity index (χ3n) is 4.76. The third-order valence-corrected chi connectivity index (χ3v) is 4.76. The van der Waals surface area contributed by atoms with Crippen LogP contribution in [0.3, 0.4) is 0 Å². The van der Waals surface area contributed by atoms with Crippen molar-refractivity contribution in [1.29, 1.82) is 0 Å². The van der Waals surface area contributed by atoms with Crippen molar-refractivity contribution >= 4 is 0 Å². The second kappa shape index (κ2) is 5.50. The van der Waals surface area contributed by atoms with Gasteiger partial charge in [-0.2, -0.15) is 0 Å². The van der Waals surface area contributed by atoms with Gasteiger partial charge >= 0.3 is 0 Å². The van der Waals surface area contributed by atoms with Crippen molar-refractivity contribution in [2.24, 2.45) is 23.5 Å². The predicted octanol–water partition coefficient (Wildman–Crippen LogP) is 2.48. The van der Waals surface area contributed by atoms with Crippen LogP contribution in [-0.4, -0.2) is 30.6 Å². The average molecular weight is 224 g/mol. The Kier molecular flexibility index (Phi) is 4.26. The first-order valence-electron chi connectivity index (χ1n) is 7.16. The Balaban J connectivity index is 1.95. The molecule has 0 aromatic rings. The number of rotatable bonds is 3. The van der Waals surface area contributed by atoms with Gasteiger partial charge in [0.15, 0.2) is 0 Å². The molecular formula is C14H28N2. The normalized spacial score (nSPS) is 37.1. The highest BCUT2D eigenvalue weighted by Crippen LogP contribution is 2.35. The lowest BCUT2D eigenvalue weighted by atomic mass is 9.77. The molecule has 2 nitrogen and oxygen atoms in total. The molecule has 0 amide bonds. The summed E-state index contributed by atoms with van der Waals surface area (Å²) in [6.45, 7) is 8.26. The van der Waals surface area contributed by atoms with Gasteiger partial charge in [0.2, 0.25) is 0 Å². The summed E-state index contributed by atoms with van der Waals surface area (Å²) in [4.78, 5) is 2.75. The number of hydrogen-bond donors (Lipinski definition) is 1. The number of nitrogens with two attached hydrogens (primary N) is 1. The van der Waals surface area contributed by atoms with E-state index in [2.05, 4.69) is 18.7 Å². The third kappa shape index (κ3) is 2.60. The van der Waals surface area contributed by atoms with Crippen molar-refractivity contribution in [3.05, 3.63) is 0 Å². The van der Waals surface area contributed by atoms with Crippen LogP contribution in [0.4, 0.5) is 0 Å². The Labute approximate surface area is 101 Å². The van der Waals surface area contributed by atoms with E-state index in [0.717, 1.165) is 30.3 Å². The zero-order valence-corrected chi connectivity index (χ0v) is 11.0. The molecule has 1 aliphatic carbocycles. The molecule has 94 valence electrons. The minimum Gasteiger partial charge on any atom is -0.330 e. The van der Waals surface area contributed by atoms with E-state index in [0.29, 0.717) is 0 Å². The lowest BCUT2D eigenvalue weighted by molar-refractivity contribution is 0.0958. The van der Waals surface area contributed by atoms with E-state index in [4.69, 9.17) is 5.73 Å². The maximum atomic E-state index is 5.79. The van der Waals surface area contributed by atoms with E-state index in [1.807, 2.05) is 0 Å². The summed E-state index contributed by atoms with van der Waals surface area (Å²) in [5.41, 5.74) is 5.79. The summed E-state index contributed by atoms with van der Waals surface area (Å²) in [7, 11) is 0. The van der Waals surface area contributed by atoms with Gasteiger partial charge in [0.05, 0.1) is 0 Å². The van der Waals surface area contributed by atoms with E-state index < -0.39 is 0 Å². The van der Waals surface area contributed by atoms with E-state index >= 15 is 0 Å². The number of nitrogens with zero attached hydrogens (tertiary/aromatic N) is 1. The molecule has 1 saturated heterocycles. The van der Waals surface area contributed by atoms with Gasteiger partial charge in [-0.25, -0.2) is 0 Å². The highest BCUT2D eigenvalue weighted by atomic mass is 15.2. The molecule has 2 fully saturated rings. The second-order valence-corrected chi connectivity index (χ2v) is 6.15. The van der Waals surface area contributed by atoms with Crippen LogP contribution >= 0.6 is 0 Å². The highest BCUT2D eigenvalue weighted by molar-refractivity contribution is 4.89. The topological polar surface area (TPSA) is 29.3 Å². The van der Waals surface area contributed by atoms with Crippen molar-refractivity contribution < 1.29 is 0 Å². The Morgan fingerprint density at radius 1 is 1.19 bits per heavy atom. The molecule has 2 heteroatoms. The first kappa shape index (κ1) is 12.4. The zero-order chi connectivity index (χ0) is 11.5. The summed E-state index contributed by atoms with van der Waals surface area (Å²) in [6.07, 6.45) is 7.11. The number of likely N-dealkylation sites (tertiary alicyclic amines) is 1. The van der Waals surface area contributed by atoms with Crippen molar-refractivity contribution in [2.75, 3.05) is 19.6 Å². The van der Waals surface area contributed by atoms with Crippen LogP contribution in [0.2, 0.25) is 0 Å². The molecule has 0 aromatic heterocycles. The molecule has 0 radical (unpaired) electrons. The summed E-state index contributed by atoms with van der Waals surface area (Å²) in [6, 6.07) is 0.866. The molecular weight excluding hydrogens is 196 g/mol. The van der Waals surface area contributed by atoms with Crippen LogP contribution in [0.15, 0.2) is 0 Å². The summed E-state index contributed by atoms with van der Waals surface area (Å²) in [5, 5.41) is 0. The van der Waals surface area contributed by atoms with Gasteiger partial charge in [0, 0.05) is 12.6 Å². The minimum atomic E-state index is 0.773. The quantitative estimate of drug-likeness (QED) is 0.798. The zero-order valence-electron chi connectivity index (χ0n) is 11.0. The molecule has 0 aromatic carbocycles. The van der Waals surface area contributed by atoms with Crippen LogP contribution < -0.4 is 5.73 Å². The van der Waals surface area contributed by atoms with E-state index in [1.54, 1.807) is 0 Å². The summed E-state index contributed by atoms with van der Waals surface area (Å²) in [5.74, 6) is 2.56. The molecule has 1 aliphatic heterocycles. The molecule has 3 atom stereocenters. The lowest BCUT2D eigenvalue weighted by Gasteiger charge is -2.40. The van der Waals surface area contributed by atoms with Crippen LogP contribution in [0.1, 0.15) is 46.0 Å². The van der Waals surface area contributed by atoms with E-state index in [9.17, 15) is 0 Å². The fourth-order valence-electron chi connectivity index (χ4n) is 3.73. The molecule has 1 saturated carbocycles. The van der Waals surface area contributed by atoms with Crippen molar-refractivity contribution in [2.45, 2.75) is 52.0 Å². The maximum Gasteiger partial charge on any atom is 0.0126 e. The van der Waals surface area contributed by atoms with Crippen molar-refractivity contribution in [1.82, 2.24) is 4.90 Å². The van der Waals surface area contributed by atoms with Gasteiger partial charge in [-0.15, -0.1) is 0 Å². The highest BCUT2D eigenvalue weighted by Gasteiger charge is 2.35. The van der Waals surface area contributed by atoms with Gasteiger partial charge in [0.1, 0.15) is 0 Å². The fourth-order valence-corrected chi connectivity index (χ4v) is 3.73. The van der Waals surface area contributed by atoms with Gasteiger partial charge in [-0.05, 0) is 50.1 Å². The SMILES string of the molecule is CC(C)C1CCCCC1N1CCC(CN)C1. The Bertz CT molecular complexity index is 215. The van der Waals surface area contributed by atoms with Gasteiger partial charge < -0.3 is 5.73 Å². The molecule has 16 heavy (non-hydrogen) atoms. The van der Waals surface area contributed by atoms with Crippen LogP contribution in [-0.2, 0) is 0 Å². The van der Waals surface area contributed by atoms with Crippen molar-refractivity contribution in [3.63, 3.8) is 0 Å². The van der Waals surface area contributed by atoms with Crippen molar-refractivity contribution in [3.8, 4) is 0 Å². The smallest absolute Gasteiger partial charge is 0.0126 e. The molecule has 1 heterocycles. The van der Waals surface area contributed by atoms with Crippen LogP contribution in [0, 0.1) is 17.8 Å². The summed E-state index contributed by atoms with van der Waals surface area (Å²) >= 11 is 0. The maximum absolute atomic E-state index is 5.79. The first-order chi connectivity index (χ1) is 7.72. The molecule has 0 spiro atoms. The molecule has 0 bridgehead atoms. The molecule has 3 unspecified atom stereocenters. The standard InChI is InChI=1S/C14H28N2/c1-11(2)13-5-3-4-6-14(13)16-8-7-12(9-15)10-16/h11-14H,3-10,15H2,1-2H3. The van der Waals surface area contributed by atoms with Gasteiger partial charge in [-0.3, -0.25) is 4.90 Å². The molecule has 2 N–H and O–H groups in total. The first-order valence-corrected chi connectivity index (χ1v) is 7.16. The Morgan fingerprint density at radius 3 is 2.56 bits per heavy atom. The lowest BCUT2D eigenvalue weighted by Crippen LogP contribution is -2.43. The van der Waals surface area contributed by atoms with Crippen LogP contribution in [0.25, 0.3) is 0 Å². The molecule has 2 rings (SSSR count). The van der Waals surface area contributed by atoms with Crippen LogP contribution in [0.5, 0.6) is 0 Å². The van der Waals surface area contributed by atoms with E-state index in [1.165, 1.54) is 45.2 Å². The second-order valence-electron chi connectivity index (χ2n) is 6.15. The fraction of sp³-hybridized carbons (Fsp3) is 1.00.